The maximum absolute atomic E-state index is 6.37. The van der Waals surface area contributed by atoms with Gasteiger partial charge in [0.25, 0.3) is 0 Å². The molecule has 2 rings (SSSR count). The third kappa shape index (κ3) is 3.19. The van der Waals surface area contributed by atoms with Crippen LogP contribution in [0.3, 0.4) is 0 Å². The number of nitrogens with zero attached hydrogens (tertiary/aromatic N) is 2. The van der Waals surface area contributed by atoms with Gasteiger partial charge < -0.3 is 5.32 Å². The Morgan fingerprint density at radius 1 is 1.40 bits per heavy atom. The summed E-state index contributed by atoms with van der Waals surface area (Å²) in [6, 6.07) is 5.64. The summed E-state index contributed by atoms with van der Waals surface area (Å²) in [5, 5.41) is 8.92. The van der Waals surface area contributed by atoms with Gasteiger partial charge >= 0.3 is 0 Å². The summed E-state index contributed by atoms with van der Waals surface area (Å²) in [4.78, 5) is 0. The van der Waals surface area contributed by atoms with Gasteiger partial charge in [-0.3, -0.25) is 4.68 Å². The molecule has 0 bridgehead atoms. The van der Waals surface area contributed by atoms with Crippen LogP contribution < -0.4 is 5.32 Å². The molecule has 0 radical (unpaired) electrons. The largest absolute Gasteiger partial charge is 0.305 e. The molecule has 108 valence electrons. The quantitative estimate of drug-likeness (QED) is 0.827. The van der Waals surface area contributed by atoms with Crippen molar-refractivity contribution >= 4 is 39.1 Å². The van der Waals surface area contributed by atoms with Crippen LogP contribution in [-0.4, -0.2) is 16.3 Å². The first kappa shape index (κ1) is 15.8. The molecule has 1 heterocycles. The van der Waals surface area contributed by atoms with Crippen LogP contribution in [0, 0.1) is 0 Å². The van der Waals surface area contributed by atoms with E-state index in [1.807, 2.05) is 23.9 Å². The first-order valence-corrected chi connectivity index (χ1v) is 7.95. The van der Waals surface area contributed by atoms with E-state index in [-0.39, 0.29) is 6.04 Å². The van der Waals surface area contributed by atoms with Crippen molar-refractivity contribution in [1.82, 2.24) is 15.1 Å². The lowest BCUT2D eigenvalue weighted by Gasteiger charge is -2.21. The number of rotatable bonds is 5. The van der Waals surface area contributed by atoms with Crippen LogP contribution in [0.2, 0.25) is 10.0 Å². The molecular weight excluding hydrogens is 361 g/mol. The molecule has 0 aliphatic heterocycles. The highest BCUT2D eigenvalue weighted by atomic mass is 79.9. The van der Waals surface area contributed by atoms with E-state index >= 15 is 0 Å². The highest BCUT2D eigenvalue weighted by Gasteiger charge is 2.23. The molecule has 0 saturated heterocycles. The molecule has 0 aliphatic rings. The molecule has 1 unspecified atom stereocenters. The van der Waals surface area contributed by atoms with E-state index in [0.29, 0.717) is 10.0 Å². The van der Waals surface area contributed by atoms with E-state index in [9.17, 15) is 0 Å². The van der Waals surface area contributed by atoms with Crippen LogP contribution in [0.25, 0.3) is 0 Å². The molecular formula is C14H16BrCl2N3. The van der Waals surface area contributed by atoms with Crippen molar-refractivity contribution in [3.8, 4) is 0 Å². The molecule has 6 heteroatoms. The van der Waals surface area contributed by atoms with Crippen molar-refractivity contribution in [3.05, 3.63) is 50.2 Å². The molecule has 0 saturated carbocycles. The topological polar surface area (TPSA) is 29.9 Å². The Balaban J connectivity index is 2.50. The van der Waals surface area contributed by atoms with Crippen LogP contribution >= 0.6 is 39.1 Å². The maximum atomic E-state index is 6.37. The lowest BCUT2D eigenvalue weighted by molar-refractivity contribution is 0.552. The summed E-state index contributed by atoms with van der Waals surface area (Å²) in [5.41, 5.74) is 1.99. The van der Waals surface area contributed by atoms with Gasteiger partial charge in [-0.25, -0.2) is 0 Å². The zero-order valence-electron chi connectivity index (χ0n) is 11.3. The Bertz CT molecular complexity index is 579. The molecule has 1 aromatic heterocycles. The van der Waals surface area contributed by atoms with E-state index in [1.54, 1.807) is 12.3 Å². The lowest BCUT2D eigenvalue weighted by Crippen LogP contribution is -2.26. The predicted octanol–water partition coefficient (Wildman–Crippen LogP) is 4.58. The molecule has 1 atom stereocenters. The fourth-order valence-corrected chi connectivity index (χ4v) is 3.13. The lowest BCUT2D eigenvalue weighted by atomic mass is 10.0. The van der Waals surface area contributed by atoms with E-state index in [2.05, 4.69) is 33.3 Å². The standard InChI is InChI=1S/C14H16BrCl2N3/c1-3-7-18-13(14-10(15)8-19-20(14)2)9-5-4-6-11(16)12(9)17/h4-6,8,13,18H,3,7H2,1-2H3. The summed E-state index contributed by atoms with van der Waals surface area (Å²) in [6.45, 7) is 3.01. The van der Waals surface area contributed by atoms with Crippen molar-refractivity contribution in [2.75, 3.05) is 6.54 Å². The molecule has 0 amide bonds. The average Bonchev–Trinajstić information content (AvgIpc) is 2.75. The number of hydrogen-bond donors (Lipinski definition) is 1. The van der Waals surface area contributed by atoms with E-state index in [1.165, 1.54) is 0 Å². The summed E-state index contributed by atoms with van der Waals surface area (Å²) in [6.07, 6.45) is 2.82. The van der Waals surface area contributed by atoms with E-state index < -0.39 is 0 Å². The minimum atomic E-state index is -0.0528. The monoisotopic (exact) mass is 375 g/mol. The fourth-order valence-electron chi connectivity index (χ4n) is 2.13. The predicted molar refractivity (Wildman–Crippen MR) is 87.5 cm³/mol. The van der Waals surface area contributed by atoms with Crippen molar-refractivity contribution in [2.45, 2.75) is 19.4 Å². The maximum Gasteiger partial charge on any atom is 0.0774 e. The zero-order valence-corrected chi connectivity index (χ0v) is 14.4. The Kier molecular flexibility index (Phi) is 5.49. The smallest absolute Gasteiger partial charge is 0.0774 e. The molecule has 2 aromatic rings. The van der Waals surface area contributed by atoms with Crippen LogP contribution in [0.1, 0.15) is 30.6 Å². The van der Waals surface area contributed by atoms with Gasteiger partial charge in [-0.1, -0.05) is 42.3 Å². The molecule has 1 N–H and O–H groups in total. The Morgan fingerprint density at radius 3 is 2.75 bits per heavy atom. The van der Waals surface area contributed by atoms with Crippen molar-refractivity contribution in [1.29, 1.82) is 0 Å². The first-order chi connectivity index (χ1) is 9.56. The van der Waals surface area contributed by atoms with E-state index in [4.69, 9.17) is 23.2 Å². The highest BCUT2D eigenvalue weighted by Crippen LogP contribution is 2.35. The second-order valence-corrected chi connectivity index (χ2v) is 6.17. The van der Waals surface area contributed by atoms with Gasteiger partial charge in [0, 0.05) is 7.05 Å². The second kappa shape index (κ2) is 6.94. The third-order valence-electron chi connectivity index (χ3n) is 3.10. The van der Waals surface area contributed by atoms with E-state index in [0.717, 1.165) is 28.7 Å². The zero-order chi connectivity index (χ0) is 14.7. The van der Waals surface area contributed by atoms with Gasteiger partial charge in [0.15, 0.2) is 0 Å². The molecule has 0 spiro atoms. The normalized spacial score (nSPS) is 12.7. The van der Waals surface area contributed by atoms with Crippen LogP contribution in [0.5, 0.6) is 0 Å². The molecule has 0 fully saturated rings. The fraction of sp³-hybridized carbons (Fsp3) is 0.357. The summed E-state index contributed by atoms with van der Waals surface area (Å²) in [5.74, 6) is 0. The number of aryl methyl sites for hydroxylation is 1. The summed E-state index contributed by atoms with van der Waals surface area (Å²) in [7, 11) is 1.92. The highest BCUT2D eigenvalue weighted by molar-refractivity contribution is 9.10. The number of hydrogen-bond acceptors (Lipinski definition) is 2. The number of aromatic nitrogens is 2. The Morgan fingerprint density at radius 2 is 2.15 bits per heavy atom. The Hall–Kier alpha value is -0.550. The van der Waals surface area contributed by atoms with Crippen LogP contribution in [0.4, 0.5) is 0 Å². The minimum Gasteiger partial charge on any atom is -0.305 e. The second-order valence-electron chi connectivity index (χ2n) is 4.53. The Labute approximate surface area is 137 Å². The van der Waals surface area contributed by atoms with Crippen LogP contribution in [-0.2, 0) is 7.05 Å². The van der Waals surface area contributed by atoms with Crippen molar-refractivity contribution < 1.29 is 0 Å². The molecule has 20 heavy (non-hydrogen) atoms. The van der Waals surface area contributed by atoms with Gasteiger partial charge in [0.05, 0.1) is 32.5 Å². The molecule has 3 nitrogen and oxygen atoms in total. The van der Waals surface area contributed by atoms with Crippen LogP contribution in [0.15, 0.2) is 28.9 Å². The molecule has 1 aromatic carbocycles. The van der Waals surface area contributed by atoms with Crippen molar-refractivity contribution in [2.24, 2.45) is 7.05 Å². The number of nitrogens with one attached hydrogen (secondary N) is 1. The summed E-state index contributed by atoms with van der Waals surface area (Å²) < 4.78 is 2.79. The number of halogens is 3. The average molecular weight is 377 g/mol. The third-order valence-corrected chi connectivity index (χ3v) is 4.55. The SMILES string of the molecule is CCCNC(c1cccc(Cl)c1Cl)c1c(Br)cnn1C. The number of benzene rings is 1. The summed E-state index contributed by atoms with van der Waals surface area (Å²) >= 11 is 16.1. The first-order valence-electron chi connectivity index (χ1n) is 6.41. The minimum absolute atomic E-state index is 0.0528. The molecule has 0 aliphatic carbocycles. The van der Waals surface area contributed by atoms with Gasteiger partial charge in [0.1, 0.15) is 0 Å². The van der Waals surface area contributed by atoms with Gasteiger partial charge in [-0.05, 0) is 40.5 Å². The van der Waals surface area contributed by atoms with Gasteiger partial charge in [-0.15, -0.1) is 0 Å². The van der Waals surface area contributed by atoms with Gasteiger partial charge in [0.2, 0.25) is 0 Å². The van der Waals surface area contributed by atoms with Crippen molar-refractivity contribution in [3.63, 3.8) is 0 Å². The van der Waals surface area contributed by atoms with Gasteiger partial charge in [-0.2, -0.15) is 5.10 Å².